The predicted molar refractivity (Wildman–Crippen MR) is 86.3 cm³/mol. The topological polar surface area (TPSA) is 58.4 Å². The first-order chi connectivity index (χ1) is 10.1. The molecule has 0 saturated heterocycles. The van der Waals surface area contributed by atoms with Crippen LogP contribution in [0.5, 0.6) is 0 Å². The molecular formula is C17H21N3O. The minimum atomic E-state index is -0.0724. The first-order valence-corrected chi connectivity index (χ1v) is 6.93. The van der Waals surface area contributed by atoms with Gasteiger partial charge in [0, 0.05) is 38.4 Å². The summed E-state index contributed by atoms with van der Waals surface area (Å²) < 4.78 is 0. The highest BCUT2D eigenvalue weighted by Gasteiger charge is 2.07. The Morgan fingerprint density at radius 2 is 1.81 bits per heavy atom. The standard InChI is InChI=1S/C17H21N3O/c1-20(2)16-8-4-7-15(10-16)17(21)19-12-14-6-3-5-13(9-14)11-18/h3-10H,11-12,18H2,1-2H3,(H,19,21). The second-order valence-corrected chi connectivity index (χ2v) is 5.15. The molecule has 21 heavy (non-hydrogen) atoms. The molecule has 2 aromatic rings. The lowest BCUT2D eigenvalue weighted by Crippen LogP contribution is -2.23. The molecule has 110 valence electrons. The molecule has 2 rings (SSSR count). The molecule has 0 heterocycles. The number of carbonyl (C=O) groups is 1. The van der Waals surface area contributed by atoms with Gasteiger partial charge in [-0.3, -0.25) is 4.79 Å². The van der Waals surface area contributed by atoms with Crippen molar-refractivity contribution in [2.24, 2.45) is 5.73 Å². The molecular weight excluding hydrogens is 262 g/mol. The molecule has 0 bridgehead atoms. The average molecular weight is 283 g/mol. The van der Waals surface area contributed by atoms with Gasteiger partial charge in [-0.1, -0.05) is 30.3 Å². The number of nitrogens with one attached hydrogen (secondary N) is 1. The Morgan fingerprint density at radius 3 is 2.52 bits per heavy atom. The van der Waals surface area contributed by atoms with Crippen LogP contribution in [0.1, 0.15) is 21.5 Å². The van der Waals surface area contributed by atoms with Gasteiger partial charge in [-0.2, -0.15) is 0 Å². The van der Waals surface area contributed by atoms with E-state index in [4.69, 9.17) is 5.73 Å². The third kappa shape index (κ3) is 4.07. The van der Waals surface area contributed by atoms with E-state index in [9.17, 15) is 4.79 Å². The Labute approximate surface area is 125 Å². The number of anilines is 1. The Balaban J connectivity index is 2.02. The minimum absolute atomic E-state index is 0.0724. The number of amides is 1. The van der Waals surface area contributed by atoms with Gasteiger partial charge in [0.1, 0.15) is 0 Å². The van der Waals surface area contributed by atoms with E-state index in [1.54, 1.807) is 0 Å². The molecule has 2 aromatic carbocycles. The van der Waals surface area contributed by atoms with E-state index in [0.29, 0.717) is 18.7 Å². The largest absolute Gasteiger partial charge is 0.378 e. The lowest BCUT2D eigenvalue weighted by atomic mass is 10.1. The zero-order valence-corrected chi connectivity index (χ0v) is 12.5. The SMILES string of the molecule is CN(C)c1cccc(C(=O)NCc2cccc(CN)c2)c1. The summed E-state index contributed by atoms with van der Waals surface area (Å²) in [5.74, 6) is -0.0724. The number of rotatable bonds is 5. The van der Waals surface area contributed by atoms with Crippen LogP contribution in [0.15, 0.2) is 48.5 Å². The van der Waals surface area contributed by atoms with Gasteiger partial charge < -0.3 is 16.0 Å². The number of nitrogens with two attached hydrogens (primary N) is 1. The van der Waals surface area contributed by atoms with Gasteiger partial charge in [-0.05, 0) is 29.3 Å². The summed E-state index contributed by atoms with van der Waals surface area (Å²) >= 11 is 0. The van der Waals surface area contributed by atoms with Crippen molar-refractivity contribution >= 4 is 11.6 Å². The summed E-state index contributed by atoms with van der Waals surface area (Å²) in [6.07, 6.45) is 0. The zero-order chi connectivity index (χ0) is 15.2. The summed E-state index contributed by atoms with van der Waals surface area (Å²) in [6.45, 7) is 1.01. The van der Waals surface area contributed by atoms with Gasteiger partial charge in [0.25, 0.3) is 5.91 Å². The number of benzene rings is 2. The maximum Gasteiger partial charge on any atom is 0.251 e. The predicted octanol–water partition coefficient (Wildman–Crippen LogP) is 2.14. The molecule has 0 unspecified atom stereocenters. The molecule has 4 nitrogen and oxygen atoms in total. The second-order valence-electron chi connectivity index (χ2n) is 5.15. The molecule has 0 saturated carbocycles. The fourth-order valence-electron chi connectivity index (χ4n) is 2.08. The van der Waals surface area contributed by atoms with Crippen molar-refractivity contribution in [1.82, 2.24) is 5.32 Å². The number of hydrogen-bond acceptors (Lipinski definition) is 3. The maximum absolute atomic E-state index is 12.2. The molecule has 3 N–H and O–H groups in total. The monoisotopic (exact) mass is 283 g/mol. The molecule has 0 spiro atoms. The fraction of sp³-hybridized carbons (Fsp3) is 0.235. The molecule has 1 amide bonds. The Hall–Kier alpha value is -2.33. The molecule has 0 aromatic heterocycles. The maximum atomic E-state index is 12.2. The lowest BCUT2D eigenvalue weighted by molar-refractivity contribution is 0.0951. The lowest BCUT2D eigenvalue weighted by Gasteiger charge is -2.13. The van der Waals surface area contributed by atoms with Crippen LogP contribution < -0.4 is 16.0 Å². The normalized spacial score (nSPS) is 10.2. The smallest absolute Gasteiger partial charge is 0.251 e. The second kappa shape index (κ2) is 6.90. The zero-order valence-electron chi connectivity index (χ0n) is 12.5. The highest BCUT2D eigenvalue weighted by atomic mass is 16.1. The van der Waals surface area contributed by atoms with E-state index < -0.39 is 0 Å². The Kier molecular flexibility index (Phi) is 4.95. The highest BCUT2D eigenvalue weighted by molar-refractivity contribution is 5.95. The molecule has 0 aliphatic rings. The average Bonchev–Trinajstić information content (AvgIpc) is 2.53. The summed E-state index contributed by atoms with van der Waals surface area (Å²) in [4.78, 5) is 14.2. The van der Waals surface area contributed by atoms with Crippen molar-refractivity contribution in [3.05, 3.63) is 65.2 Å². The van der Waals surface area contributed by atoms with Gasteiger partial charge in [0.05, 0.1) is 0 Å². The quantitative estimate of drug-likeness (QED) is 0.884. The fourth-order valence-corrected chi connectivity index (χ4v) is 2.08. The summed E-state index contributed by atoms with van der Waals surface area (Å²) in [6, 6.07) is 15.5. The van der Waals surface area contributed by atoms with Crippen molar-refractivity contribution in [3.8, 4) is 0 Å². The summed E-state index contributed by atoms with van der Waals surface area (Å²) in [7, 11) is 3.91. The Bertz CT molecular complexity index is 623. The highest BCUT2D eigenvalue weighted by Crippen LogP contribution is 2.13. The van der Waals surface area contributed by atoms with Crippen LogP contribution in [0.4, 0.5) is 5.69 Å². The molecule has 4 heteroatoms. The van der Waals surface area contributed by atoms with Crippen LogP contribution >= 0.6 is 0 Å². The molecule has 0 aliphatic heterocycles. The van der Waals surface area contributed by atoms with Crippen molar-refractivity contribution < 1.29 is 4.79 Å². The summed E-state index contributed by atoms with van der Waals surface area (Å²) in [5, 5.41) is 2.93. The van der Waals surface area contributed by atoms with Gasteiger partial charge in [0.2, 0.25) is 0 Å². The molecule has 0 radical (unpaired) electrons. The first-order valence-electron chi connectivity index (χ1n) is 6.93. The minimum Gasteiger partial charge on any atom is -0.378 e. The Morgan fingerprint density at radius 1 is 1.10 bits per heavy atom. The first kappa shape index (κ1) is 15.1. The van der Waals surface area contributed by atoms with Crippen LogP contribution in [0.25, 0.3) is 0 Å². The van der Waals surface area contributed by atoms with E-state index in [1.165, 1.54) is 0 Å². The van der Waals surface area contributed by atoms with E-state index in [0.717, 1.165) is 16.8 Å². The number of hydrogen-bond donors (Lipinski definition) is 2. The van der Waals surface area contributed by atoms with Crippen molar-refractivity contribution in [2.45, 2.75) is 13.1 Å². The van der Waals surface area contributed by atoms with Gasteiger partial charge in [0.15, 0.2) is 0 Å². The van der Waals surface area contributed by atoms with Gasteiger partial charge in [-0.25, -0.2) is 0 Å². The van der Waals surface area contributed by atoms with Crippen LogP contribution in [0.3, 0.4) is 0 Å². The van der Waals surface area contributed by atoms with Crippen molar-refractivity contribution in [1.29, 1.82) is 0 Å². The summed E-state index contributed by atoms with van der Waals surface area (Å²) in [5.41, 5.74) is 9.41. The van der Waals surface area contributed by atoms with Crippen LogP contribution in [-0.2, 0) is 13.1 Å². The van der Waals surface area contributed by atoms with Crippen molar-refractivity contribution in [3.63, 3.8) is 0 Å². The van der Waals surface area contributed by atoms with E-state index in [-0.39, 0.29) is 5.91 Å². The molecule has 0 atom stereocenters. The third-order valence-electron chi connectivity index (χ3n) is 3.30. The van der Waals surface area contributed by atoms with Crippen LogP contribution in [0, 0.1) is 0 Å². The molecule has 0 aliphatic carbocycles. The van der Waals surface area contributed by atoms with Crippen LogP contribution in [0.2, 0.25) is 0 Å². The number of nitrogens with zero attached hydrogens (tertiary/aromatic N) is 1. The van der Waals surface area contributed by atoms with E-state index >= 15 is 0 Å². The van der Waals surface area contributed by atoms with Crippen LogP contribution in [-0.4, -0.2) is 20.0 Å². The van der Waals surface area contributed by atoms with Gasteiger partial charge >= 0.3 is 0 Å². The van der Waals surface area contributed by atoms with Crippen molar-refractivity contribution in [2.75, 3.05) is 19.0 Å². The van der Waals surface area contributed by atoms with E-state index in [1.807, 2.05) is 67.5 Å². The third-order valence-corrected chi connectivity index (χ3v) is 3.30. The number of carbonyl (C=O) groups excluding carboxylic acids is 1. The van der Waals surface area contributed by atoms with E-state index in [2.05, 4.69) is 5.32 Å². The molecule has 0 fully saturated rings. The van der Waals surface area contributed by atoms with Gasteiger partial charge in [-0.15, -0.1) is 0 Å².